The summed E-state index contributed by atoms with van der Waals surface area (Å²) in [6, 6.07) is 12.7. The third-order valence-electron chi connectivity index (χ3n) is 4.14. The zero-order valence-electron chi connectivity index (χ0n) is 17.0. The predicted molar refractivity (Wildman–Crippen MR) is 116 cm³/mol. The second-order valence-corrected chi connectivity index (χ2v) is 9.26. The first kappa shape index (κ1) is 23.2. The summed E-state index contributed by atoms with van der Waals surface area (Å²) in [6.45, 7) is 7.29. The van der Waals surface area contributed by atoms with Gasteiger partial charge in [-0.15, -0.1) is 11.8 Å². The van der Waals surface area contributed by atoms with Crippen LogP contribution in [0.15, 0.2) is 53.4 Å². The van der Waals surface area contributed by atoms with Gasteiger partial charge in [0, 0.05) is 27.6 Å². The average Bonchev–Trinajstić information content (AvgIpc) is 2.65. The molecule has 2 amide bonds. The predicted octanol–water partition coefficient (Wildman–Crippen LogP) is 4.90. The smallest absolute Gasteiger partial charge is 0.242 e. The van der Waals surface area contributed by atoms with Crippen molar-refractivity contribution < 1.29 is 14.0 Å². The lowest BCUT2D eigenvalue weighted by Crippen LogP contribution is -2.52. The lowest BCUT2D eigenvalue weighted by molar-refractivity contribution is -0.139. The fourth-order valence-electron chi connectivity index (χ4n) is 2.63. The van der Waals surface area contributed by atoms with Gasteiger partial charge in [-0.1, -0.05) is 29.8 Å². The highest BCUT2D eigenvalue weighted by Crippen LogP contribution is 2.22. The fourth-order valence-corrected chi connectivity index (χ4v) is 3.54. The third kappa shape index (κ3) is 7.37. The highest BCUT2D eigenvalue weighted by molar-refractivity contribution is 8.00. The lowest BCUT2D eigenvalue weighted by Gasteiger charge is -2.31. The molecule has 1 unspecified atom stereocenters. The Hall–Kier alpha value is -2.05. The topological polar surface area (TPSA) is 49.4 Å². The maximum absolute atomic E-state index is 14.2. The number of amides is 2. The van der Waals surface area contributed by atoms with Gasteiger partial charge in [0.25, 0.3) is 0 Å². The second-order valence-electron chi connectivity index (χ2n) is 7.77. The first-order valence-corrected chi connectivity index (χ1v) is 10.7. The number of carbonyl (C=O) groups excluding carboxylic acids is 2. The standard InChI is InChI=1S/C22H26ClFN2O2S/c1-15(21(28)25-22(2,3)4)26(13-16-7-5-6-8-19(16)24)20(27)14-29-18-11-9-17(23)10-12-18/h5-12,15H,13-14H2,1-4H3,(H,25,28). The van der Waals surface area contributed by atoms with Crippen molar-refractivity contribution in [3.05, 3.63) is 64.9 Å². The summed E-state index contributed by atoms with van der Waals surface area (Å²) in [5.41, 5.74) is -0.0661. The van der Waals surface area contributed by atoms with Crippen molar-refractivity contribution in [1.82, 2.24) is 10.2 Å². The Morgan fingerprint density at radius 2 is 1.76 bits per heavy atom. The number of benzene rings is 2. The number of rotatable bonds is 7. The SMILES string of the molecule is CC(C(=O)NC(C)(C)C)N(Cc1ccccc1F)C(=O)CSc1ccc(Cl)cc1. The number of nitrogens with zero attached hydrogens (tertiary/aromatic N) is 1. The maximum Gasteiger partial charge on any atom is 0.242 e. The molecule has 0 spiro atoms. The van der Waals surface area contributed by atoms with Crippen LogP contribution in [-0.2, 0) is 16.1 Å². The van der Waals surface area contributed by atoms with Crippen LogP contribution in [0, 0.1) is 5.82 Å². The molecule has 0 radical (unpaired) electrons. The molecule has 2 aromatic carbocycles. The van der Waals surface area contributed by atoms with Crippen molar-refractivity contribution in [3.8, 4) is 0 Å². The Bertz CT molecular complexity index is 853. The molecule has 1 N–H and O–H groups in total. The summed E-state index contributed by atoms with van der Waals surface area (Å²) in [4.78, 5) is 28.0. The minimum absolute atomic E-state index is 0.0193. The third-order valence-corrected chi connectivity index (χ3v) is 5.39. The quantitative estimate of drug-likeness (QED) is 0.628. The second kappa shape index (κ2) is 10.1. The molecule has 0 saturated carbocycles. The van der Waals surface area contributed by atoms with E-state index >= 15 is 0 Å². The molecule has 0 aliphatic heterocycles. The van der Waals surface area contributed by atoms with Gasteiger partial charge in [-0.3, -0.25) is 9.59 Å². The van der Waals surface area contributed by atoms with Gasteiger partial charge in [0.15, 0.2) is 0 Å². The molecule has 4 nitrogen and oxygen atoms in total. The molecule has 0 aliphatic rings. The summed E-state index contributed by atoms with van der Waals surface area (Å²) in [7, 11) is 0. The van der Waals surface area contributed by atoms with Crippen molar-refractivity contribution in [2.45, 2.75) is 50.7 Å². The van der Waals surface area contributed by atoms with Gasteiger partial charge in [-0.2, -0.15) is 0 Å². The summed E-state index contributed by atoms with van der Waals surface area (Å²) in [6.07, 6.45) is 0. The Balaban J connectivity index is 2.18. The van der Waals surface area contributed by atoms with Crippen LogP contribution < -0.4 is 5.32 Å². The van der Waals surface area contributed by atoms with Gasteiger partial charge in [-0.05, 0) is 58.0 Å². The summed E-state index contributed by atoms with van der Waals surface area (Å²) < 4.78 is 14.2. The highest BCUT2D eigenvalue weighted by Gasteiger charge is 2.28. The number of carbonyl (C=O) groups is 2. The normalized spacial score (nSPS) is 12.3. The van der Waals surface area contributed by atoms with Crippen molar-refractivity contribution in [3.63, 3.8) is 0 Å². The Kier molecular flexibility index (Phi) is 8.11. The monoisotopic (exact) mass is 436 g/mol. The van der Waals surface area contributed by atoms with E-state index in [0.717, 1.165) is 4.90 Å². The summed E-state index contributed by atoms with van der Waals surface area (Å²) in [5.74, 6) is -0.800. The zero-order chi connectivity index (χ0) is 21.6. The number of nitrogens with one attached hydrogen (secondary N) is 1. The van der Waals surface area contributed by atoms with E-state index in [-0.39, 0.29) is 24.1 Å². The molecule has 0 aromatic heterocycles. The Morgan fingerprint density at radius 1 is 1.14 bits per heavy atom. The van der Waals surface area contributed by atoms with E-state index in [0.29, 0.717) is 10.6 Å². The van der Waals surface area contributed by atoms with Gasteiger partial charge in [0.1, 0.15) is 11.9 Å². The van der Waals surface area contributed by atoms with Gasteiger partial charge in [0.05, 0.1) is 5.75 Å². The number of hydrogen-bond acceptors (Lipinski definition) is 3. The van der Waals surface area contributed by atoms with E-state index in [4.69, 9.17) is 11.6 Å². The van der Waals surface area contributed by atoms with Crippen LogP contribution in [0.25, 0.3) is 0 Å². The zero-order valence-corrected chi connectivity index (χ0v) is 18.6. The van der Waals surface area contributed by atoms with E-state index in [1.807, 2.05) is 32.9 Å². The van der Waals surface area contributed by atoms with E-state index in [9.17, 15) is 14.0 Å². The first-order valence-electron chi connectivity index (χ1n) is 9.30. The van der Waals surface area contributed by atoms with Crippen molar-refractivity contribution >= 4 is 35.2 Å². The first-order chi connectivity index (χ1) is 13.6. The van der Waals surface area contributed by atoms with E-state index in [1.165, 1.54) is 22.7 Å². The molecule has 1 atom stereocenters. The van der Waals surface area contributed by atoms with Crippen molar-refractivity contribution in [1.29, 1.82) is 0 Å². The van der Waals surface area contributed by atoms with Crippen LogP contribution in [0.5, 0.6) is 0 Å². The highest BCUT2D eigenvalue weighted by atomic mass is 35.5. The van der Waals surface area contributed by atoms with E-state index < -0.39 is 17.4 Å². The van der Waals surface area contributed by atoms with Gasteiger partial charge < -0.3 is 10.2 Å². The average molecular weight is 437 g/mol. The molecular formula is C22H26ClFN2O2S. The molecule has 2 rings (SSSR count). The molecule has 0 saturated heterocycles. The van der Waals surface area contributed by atoms with Gasteiger partial charge in [0.2, 0.25) is 11.8 Å². The number of thioether (sulfide) groups is 1. The summed E-state index contributed by atoms with van der Waals surface area (Å²) in [5, 5.41) is 3.51. The van der Waals surface area contributed by atoms with Crippen molar-refractivity contribution in [2.75, 3.05) is 5.75 Å². The van der Waals surface area contributed by atoms with Crippen LogP contribution in [0.2, 0.25) is 5.02 Å². The summed E-state index contributed by atoms with van der Waals surface area (Å²) >= 11 is 7.24. The van der Waals surface area contributed by atoms with Crippen molar-refractivity contribution in [2.24, 2.45) is 0 Å². The van der Waals surface area contributed by atoms with Crippen LogP contribution in [0.4, 0.5) is 4.39 Å². The molecule has 0 heterocycles. The molecule has 156 valence electrons. The molecule has 29 heavy (non-hydrogen) atoms. The van der Waals surface area contributed by atoms with Crippen LogP contribution >= 0.6 is 23.4 Å². The molecule has 0 aliphatic carbocycles. The van der Waals surface area contributed by atoms with Crippen LogP contribution in [-0.4, -0.2) is 34.0 Å². The molecular weight excluding hydrogens is 411 g/mol. The van der Waals surface area contributed by atoms with E-state index in [2.05, 4.69) is 5.32 Å². The van der Waals surface area contributed by atoms with E-state index in [1.54, 1.807) is 37.3 Å². The lowest BCUT2D eigenvalue weighted by atomic mass is 10.1. The fraction of sp³-hybridized carbons (Fsp3) is 0.364. The van der Waals surface area contributed by atoms with Gasteiger partial charge in [-0.25, -0.2) is 4.39 Å². The number of hydrogen-bond donors (Lipinski definition) is 1. The Labute approximate surface area is 180 Å². The van der Waals surface area contributed by atoms with Crippen LogP contribution in [0.1, 0.15) is 33.3 Å². The molecule has 0 fully saturated rings. The molecule has 0 bridgehead atoms. The minimum Gasteiger partial charge on any atom is -0.350 e. The Morgan fingerprint density at radius 3 is 2.34 bits per heavy atom. The van der Waals surface area contributed by atoms with Crippen LogP contribution in [0.3, 0.4) is 0 Å². The molecule has 7 heteroatoms. The maximum atomic E-state index is 14.2. The molecule has 2 aromatic rings. The number of halogens is 2. The van der Waals surface area contributed by atoms with Gasteiger partial charge >= 0.3 is 0 Å². The largest absolute Gasteiger partial charge is 0.350 e. The minimum atomic E-state index is -0.743.